The number of hydrogen-bond acceptors (Lipinski definition) is 2. The van der Waals surface area contributed by atoms with Crippen LogP contribution >= 0.6 is 27.5 Å². The van der Waals surface area contributed by atoms with Crippen LogP contribution < -0.4 is 0 Å². The lowest BCUT2D eigenvalue weighted by atomic mass is 10.2. The standard InChI is InChI=1S/C7H6BrClO2/c8-5-1-4(3-9)2-6(10)7(5)11/h1-2,10-11H,3H2. The maximum Gasteiger partial charge on any atom is 0.171 e. The van der Waals surface area contributed by atoms with Gasteiger partial charge in [-0.05, 0) is 33.6 Å². The second-order valence-corrected chi connectivity index (χ2v) is 3.20. The molecule has 0 fully saturated rings. The molecule has 2 N–H and O–H groups in total. The fourth-order valence-electron chi connectivity index (χ4n) is 0.716. The van der Waals surface area contributed by atoms with Gasteiger partial charge < -0.3 is 10.2 Å². The normalized spacial score (nSPS) is 10.0. The number of phenolic OH excluding ortho intramolecular Hbond substituents is 2. The minimum atomic E-state index is -0.157. The van der Waals surface area contributed by atoms with Gasteiger partial charge in [0.25, 0.3) is 0 Å². The molecule has 0 aliphatic rings. The lowest BCUT2D eigenvalue weighted by Crippen LogP contribution is -1.78. The number of aromatic hydroxyl groups is 2. The van der Waals surface area contributed by atoms with E-state index in [0.29, 0.717) is 10.4 Å². The monoisotopic (exact) mass is 236 g/mol. The van der Waals surface area contributed by atoms with Gasteiger partial charge in [0.2, 0.25) is 0 Å². The van der Waals surface area contributed by atoms with E-state index in [2.05, 4.69) is 15.9 Å². The van der Waals surface area contributed by atoms with E-state index in [-0.39, 0.29) is 11.5 Å². The summed E-state index contributed by atoms with van der Waals surface area (Å²) in [6, 6.07) is 3.08. The van der Waals surface area contributed by atoms with Crippen molar-refractivity contribution < 1.29 is 10.2 Å². The lowest BCUT2D eigenvalue weighted by molar-refractivity contribution is 0.401. The van der Waals surface area contributed by atoms with Crippen LogP contribution in [0.5, 0.6) is 11.5 Å². The molecular formula is C7H6BrClO2. The minimum absolute atomic E-state index is 0.154. The molecule has 11 heavy (non-hydrogen) atoms. The molecule has 2 nitrogen and oxygen atoms in total. The summed E-state index contributed by atoms with van der Waals surface area (Å²) in [5.41, 5.74) is 0.758. The summed E-state index contributed by atoms with van der Waals surface area (Å²) in [7, 11) is 0. The minimum Gasteiger partial charge on any atom is -0.504 e. The van der Waals surface area contributed by atoms with E-state index < -0.39 is 0 Å². The Balaban J connectivity index is 3.21. The van der Waals surface area contributed by atoms with Crippen LogP contribution in [0, 0.1) is 0 Å². The molecular weight excluding hydrogens is 231 g/mol. The molecule has 0 heterocycles. The summed E-state index contributed by atoms with van der Waals surface area (Å²) in [6.45, 7) is 0. The van der Waals surface area contributed by atoms with Crippen molar-refractivity contribution in [2.45, 2.75) is 5.88 Å². The van der Waals surface area contributed by atoms with Crippen LogP contribution in [0.15, 0.2) is 16.6 Å². The average Bonchev–Trinajstić information content (AvgIpc) is 1.99. The van der Waals surface area contributed by atoms with Gasteiger partial charge in [0, 0.05) is 5.88 Å². The maximum atomic E-state index is 9.09. The van der Waals surface area contributed by atoms with Gasteiger partial charge in [0.05, 0.1) is 4.47 Å². The number of halogens is 2. The number of alkyl halides is 1. The maximum absolute atomic E-state index is 9.09. The van der Waals surface area contributed by atoms with Crippen LogP contribution in [-0.2, 0) is 5.88 Å². The summed E-state index contributed by atoms with van der Waals surface area (Å²) in [6.07, 6.45) is 0. The third-order valence-electron chi connectivity index (χ3n) is 1.26. The topological polar surface area (TPSA) is 40.5 Å². The fraction of sp³-hybridized carbons (Fsp3) is 0.143. The Bertz CT molecular complexity index is 252. The molecule has 0 unspecified atom stereocenters. The zero-order valence-electron chi connectivity index (χ0n) is 5.51. The van der Waals surface area contributed by atoms with Crippen LogP contribution in [0.1, 0.15) is 5.56 Å². The summed E-state index contributed by atoms with van der Waals surface area (Å²) >= 11 is 8.58. The van der Waals surface area contributed by atoms with Crippen molar-refractivity contribution in [3.8, 4) is 11.5 Å². The summed E-state index contributed by atoms with van der Waals surface area (Å²) in [4.78, 5) is 0. The van der Waals surface area contributed by atoms with Gasteiger partial charge in [-0.3, -0.25) is 0 Å². The lowest BCUT2D eigenvalue weighted by Gasteiger charge is -2.02. The van der Waals surface area contributed by atoms with Crippen LogP contribution in [0.4, 0.5) is 0 Å². The molecule has 0 aliphatic carbocycles. The van der Waals surface area contributed by atoms with Gasteiger partial charge in [0.15, 0.2) is 11.5 Å². The van der Waals surface area contributed by atoms with Crippen molar-refractivity contribution in [1.29, 1.82) is 0 Å². The zero-order chi connectivity index (χ0) is 8.43. The first-order valence-electron chi connectivity index (χ1n) is 2.91. The Hall–Kier alpha value is -0.410. The quantitative estimate of drug-likeness (QED) is 0.582. The Kier molecular flexibility index (Phi) is 2.62. The third kappa shape index (κ3) is 1.79. The predicted octanol–water partition coefficient (Wildman–Crippen LogP) is 2.60. The van der Waals surface area contributed by atoms with E-state index in [4.69, 9.17) is 21.8 Å². The largest absolute Gasteiger partial charge is 0.504 e. The van der Waals surface area contributed by atoms with Crippen molar-refractivity contribution in [1.82, 2.24) is 0 Å². The summed E-state index contributed by atoms with van der Waals surface area (Å²) in [5, 5.41) is 18.2. The highest BCUT2D eigenvalue weighted by Crippen LogP contribution is 2.34. The molecule has 0 amide bonds. The van der Waals surface area contributed by atoms with Crippen LogP contribution in [0.3, 0.4) is 0 Å². The number of rotatable bonds is 1. The van der Waals surface area contributed by atoms with Crippen LogP contribution in [0.2, 0.25) is 0 Å². The van der Waals surface area contributed by atoms with Crippen molar-refractivity contribution in [3.63, 3.8) is 0 Å². The first-order chi connectivity index (χ1) is 5.15. The van der Waals surface area contributed by atoms with Gasteiger partial charge in [-0.15, -0.1) is 11.6 Å². The highest BCUT2D eigenvalue weighted by Gasteiger charge is 2.05. The van der Waals surface area contributed by atoms with Crippen LogP contribution in [0.25, 0.3) is 0 Å². The highest BCUT2D eigenvalue weighted by molar-refractivity contribution is 9.10. The van der Waals surface area contributed by atoms with E-state index in [9.17, 15) is 0 Å². The van der Waals surface area contributed by atoms with E-state index in [1.165, 1.54) is 6.07 Å². The Labute approximate surface area is 77.6 Å². The van der Waals surface area contributed by atoms with E-state index >= 15 is 0 Å². The van der Waals surface area contributed by atoms with Gasteiger partial charge in [-0.25, -0.2) is 0 Å². The second-order valence-electron chi connectivity index (χ2n) is 2.08. The molecule has 0 spiro atoms. The Morgan fingerprint density at radius 1 is 1.36 bits per heavy atom. The zero-order valence-corrected chi connectivity index (χ0v) is 7.85. The highest BCUT2D eigenvalue weighted by atomic mass is 79.9. The van der Waals surface area contributed by atoms with Gasteiger partial charge in [-0.2, -0.15) is 0 Å². The van der Waals surface area contributed by atoms with E-state index in [1.807, 2.05) is 0 Å². The van der Waals surface area contributed by atoms with E-state index in [1.54, 1.807) is 6.07 Å². The molecule has 0 saturated heterocycles. The number of phenols is 2. The van der Waals surface area contributed by atoms with Crippen LogP contribution in [-0.4, -0.2) is 10.2 Å². The molecule has 1 aromatic carbocycles. The van der Waals surface area contributed by atoms with Crippen molar-refractivity contribution in [3.05, 3.63) is 22.2 Å². The van der Waals surface area contributed by atoms with E-state index in [0.717, 1.165) is 5.56 Å². The van der Waals surface area contributed by atoms with Crippen molar-refractivity contribution in [2.75, 3.05) is 0 Å². The number of hydrogen-bond donors (Lipinski definition) is 2. The Morgan fingerprint density at radius 3 is 2.45 bits per heavy atom. The molecule has 0 saturated carbocycles. The predicted molar refractivity (Wildman–Crippen MR) is 47.0 cm³/mol. The molecule has 0 radical (unpaired) electrons. The van der Waals surface area contributed by atoms with Crippen molar-refractivity contribution in [2.24, 2.45) is 0 Å². The molecule has 0 atom stereocenters. The van der Waals surface area contributed by atoms with Gasteiger partial charge >= 0.3 is 0 Å². The first-order valence-corrected chi connectivity index (χ1v) is 4.24. The average molecular weight is 237 g/mol. The first kappa shape index (κ1) is 8.68. The summed E-state index contributed by atoms with van der Waals surface area (Å²) < 4.78 is 0.452. The molecule has 60 valence electrons. The molecule has 1 rings (SSSR count). The van der Waals surface area contributed by atoms with Gasteiger partial charge in [0.1, 0.15) is 0 Å². The summed E-state index contributed by atoms with van der Waals surface area (Å²) in [5.74, 6) is 0.000733. The molecule has 0 aromatic heterocycles. The molecule has 4 heteroatoms. The molecule has 1 aromatic rings. The molecule has 0 aliphatic heterocycles. The third-order valence-corrected chi connectivity index (χ3v) is 2.17. The smallest absolute Gasteiger partial charge is 0.171 e. The van der Waals surface area contributed by atoms with Crippen molar-refractivity contribution >= 4 is 27.5 Å². The van der Waals surface area contributed by atoms with Gasteiger partial charge in [-0.1, -0.05) is 0 Å². The number of benzene rings is 1. The SMILES string of the molecule is Oc1cc(CCl)cc(Br)c1O. The molecule has 0 bridgehead atoms. The fourth-order valence-corrected chi connectivity index (χ4v) is 1.37. The second kappa shape index (κ2) is 3.32. The Morgan fingerprint density at radius 2 is 2.00 bits per heavy atom.